The first-order valence-corrected chi connectivity index (χ1v) is 3.76. The molecule has 1 aromatic rings. The maximum absolute atomic E-state index is 13.0. The molecule has 0 atom stereocenters. The van der Waals surface area contributed by atoms with E-state index in [9.17, 15) is 8.78 Å². The molecule has 0 amide bonds. The van der Waals surface area contributed by atoms with Crippen LogP contribution in [-0.4, -0.2) is 0 Å². The molecule has 0 fully saturated rings. The van der Waals surface area contributed by atoms with Crippen molar-refractivity contribution in [2.24, 2.45) is 0 Å². The van der Waals surface area contributed by atoms with Crippen LogP contribution in [0.4, 0.5) is 14.5 Å². The van der Waals surface area contributed by atoms with Gasteiger partial charge in [-0.05, 0) is 17.5 Å². The molecule has 1 aromatic carbocycles. The van der Waals surface area contributed by atoms with Crippen LogP contribution in [0.1, 0.15) is 25.3 Å². The molecule has 0 radical (unpaired) electrons. The van der Waals surface area contributed by atoms with Crippen LogP contribution in [-0.2, 0) is 0 Å². The number of hydrogen-bond acceptors (Lipinski definition) is 1. The average Bonchev–Trinajstić information content (AvgIpc) is 1.96. The Labute approximate surface area is 70.2 Å². The lowest BCUT2D eigenvalue weighted by Gasteiger charge is -2.07. The molecule has 0 aliphatic rings. The first kappa shape index (κ1) is 8.97. The fourth-order valence-electron chi connectivity index (χ4n) is 1.03. The van der Waals surface area contributed by atoms with Crippen LogP contribution in [0.15, 0.2) is 12.1 Å². The summed E-state index contributed by atoms with van der Waals surface area (Å²) >= 11 is 0. The molecule has 0 bridgehead atoms. The van der Waals surface area contributed by atoms with Crippen LogP contribution in [0.2, 0.25) is 0 Å². The second-order valence-electron chi connectivity index (χ2n) is 3.05. The second kappa shape index (κ2) is 3.09. The van der Waals surface area contributed by atoms with E-state index in [4.69, 9.17) is 5.73 Å². The third kappa shape index (κ3) is 1.55. The van der Waals surface area contributed by atoms with Crippen molar-refractivity contribution in [3.05, 3.63) is 29.3 Å². The molecule has 2 N–H and O–H groups in total. The van der Waals surface area contributed by atoms with E-state index in [0.29, 0.717) is 5.56 Å². The average molecular weight is 171 g/mol. The number of nitrogens with two attached hydrogens (primary N) is 1. The number of halogens is 2. The lowest BCUT2D eigenvalue weighted by atomic mass is 10.0. The largest absolute Gasteiger partial charge is 0.396 e. The molecule has 12 heavy (non-hydrogen) atoms. The SMILES string of the molecule is CC(C)c1cc(N)c(F)cc1F. The Balaban J connectivity index is 3.23. The van der Waals surface area contributed by atoms with Gasteiger partial charge in [0, 0.05) is 6.07 Å². The Morgan fingerprint density at radius 1 is 1.17 bits per heavy atom. The summed E-state index contributed by atoms with van der Waals surface area (Å²) < 4.78 is 25.6. The van der Waals surface area contributed by atoms with E-state index in [2.05, 4.69) is 0 Å². The van der Waals surface area contributed by atoms with Gasteiger partial charge >= 0.3 is 0 Å². The van der Waals surface area contributed by atoms with Gasteiger partial charge in [0.25, 0.3) is 0 Å². The van der Waals surface area contributed by atoms with Gasteiger partial charge in [-0.15, -0.1) is 0 Å². The molecule has 0 heterocycles. The molecular formula is C9H11F2N. The van der Waals surface area contributed by atoms with Gasteiger partial charge in [0.1, 0.15) is 11.6 Å². The molecule has 0 unspecified atom stereocenters. The summed E-state index contributed by atoms with van der Waals surface area (Å²) in [5.74, 6) is -1.21. The van der Waals surface area contributed by atoms with E-state index in [1.54, 1.807) is 0 Å². The molecule has 1 rings (SSSR count). The van der Waals surface area contributed by atoms with Gasteiger partial charge in [0.2, 0.25) is 0 Å². The number of hydrogen-bond donors (Lipinski definition) is 1. The zero-order valence-corrected chi connectivity index (χ0v) is 7.07. The smallest absolute Gasteiger partial charge is 0.149 e. The molecule has 0 aliphatic carbocycles. The molecule has 66 valence electrons. The first-order chi connectivity index (χ1) is 5.52. The quantitative estimate of drug-likeness (QED) is 0.646. The van der Waals surface area contributed by atoms with Crippen molar-refractivity contribution in [2.75, 3.05) is 5.73 Å². The number of benzene rings is 1. The fourth-order valence-corrected chi connectivity index (χ4v) is 1.03. The topological polar surface area (TPSA) is 26.0 Å². The van der Waals surface area contributed by atoms with Gasteiger partial charge in [-0.2, -0.15) is 0 Å². The van der Waals surface area contributed by atoms with Crippen molar-refractivity contribution in [1.82, 2.24) is 0 Å². The summed E-state index contributed by atoms with van der Waals surface area (Å²) in [6, 6.07) is 2.17. The molecule has 1 nitrogen and oxygen atoms in total. The summed E-state index contributed by atoms with van der Waals surface area (Å²) in [5.41, 5.74) is 5.74. The standard InChI is InChI=1S/C9H11F2N/c1-5(2)6-3-9(12)8(11)4-7(6)10/h3-5H,12H2,1-2H3. The second-order valence-corrected chi connectivity index (χ2v) is 3.05. The van der Waals surface area contributed by atoms with E-state index in [0.717, 1.165) is 6.07 Å². The van der Waals surface area contributed by atoms with Gasteiger partial charge in [0.05, 0.1) is 5.69 Å². The zero-order chi connectivity index (χ0) is 9.30. The van der Waals surface area contributed by atoms with Crippen LogP contribution < -0.4 is 5.73 Å². The van der Waals surface area contributed by atoms with Crippen LogP contribution in [0.25, 0.3) is 0 Å². The summed E-state index contributed by atoms with van der Waals surface area (Å²) in [4.78, 5) is 0. The van der Waals surface area contributed by atoms with Crippen molar-refractivity contribution in [1.29, 1.82) is 0 Å². The van der Waals surface area contributed by atoms with Crippen LogP contribution in [0.3, 0.4) is 0 Å². The first-order valence-electron chi connectivity index (χ1n) is 3.76. The minimum absolute atomic E-state index is 0.0000926. The minimum Gasteiger partial charge on any atom is -0.396 e. The normalized spacial score (nSPS) is 10.8. The highest BCUT2D eigenvalue weighted by Crippen LogP contribution is 2.22. The summed E-state index contributed by atoms with van der Waals surface area (Å²) in [6.07, 6.45) is 0. The summed E-state index contributed by atoms with van der Waals surface area (Å²) in [7, 11) is 0. The Bertz CT molecular complexity index is 295. The van der Waals surface area contributed by atoms with Crippen molar-refractivity contribution >= 4 is 5.69 Å². The molecular weight excluding hydrogens is 160 g/mol. The van der Waals surface area contributed by atoms with Gasteiger partial charge < -0.3 is 5.73 Å². The van der Waals surface area contributed by atoms with E-state index in [-0.39, 0.29) is 11.6 Å². The predicted octanol–water partition coefficient (Wildman–Crippen LogP) is 2.67. The Hall–Kier alpha value is -1.12. The monoisotopic (exact) mass is 171 g/mol. The lowest BCUT2D eigenvalue weighted by molar-refractivity contribution is 0.567. The van der Waals surface area contributed by atoms with Crippen molar-refractivity contribution in [2.45, 2.75) is 19.8 Å². The predicted molar refractivity (Wildman–Crippen MR) is 44.9 cm³/mol. The number of nitrogen functional groups attached to an aromatic ring is 1. The Kier molecular flexibility index (Phi) is 2.31. The highest BCUT2D eigenvalue weighted by Gasteiger charge is 2.09. The molecule has 3 heteroatoms. The van der Waals surface area contributed by atoms with Crippen molar-refractivity contribution < 1.29 is 8.78 Å². The molecule has 0 saturated heterocycles. The molecule has 0 aromatic heterocycles. The van der Waals surface area contributed by atoms with Gasteiger partial charge in [-0.25, -0.2) is 8.78 Å². The fraction of sp³-hybridized carbons (Fsp3) is 0.333. The van der Waals surface area contributed by atoms with Gasteiger partial charge in [-0.1, -0.05) is 13.8 Å². The van der Waals surface area contributed by atoms with Gasteiger partial charge in [0.15, 0.2) is 0 Å². The van der Waals surface area contributed by atoms with Crippen molar-refractivity contribution in [3.63, 3.8) is 0 Å². The van der Waals surface area contributed by atoms with E-state index in [1.807, 2.05) is 13.8 Å². The van der Waals surface area contributed by atoms with Crippen molar-refractivity contribution in [3.8, 4) is 0 Å². The van der Waals surface area contributed by atoms with E-state index < -0.39 is 11.6 Å². The van der Waals surface area contributed by atoms with Gasteiger partial charge in [-0.3, -0.25) is 0 Å². The summed E-state index contributed by atoms with van der Waals surface area (Å²) in [6.45, 7) is 3.66. The Morgan fingerprint density at radius 3 is 2.25 bits per heavy atom. The zero-order valence-electron chi connectivity index (χ0n) is 7.07. The third-order valence-electron chi connectivity index (χ3n) is 1.74. The highest BCUT2D eigenvalue weighted by molar-refractivity contribution is 5.44. The maximum Gasteiger partial charge on any atom is 0.149 e. The van der Waals surface area contributed by atoms with Crippen LogP contribution in [0.5, 0.6) is 0 Å². The molecule has 0 saturated carbocycles. The minimum atomic E-state index is -0.697. The number of rotatable bonds is 1. The lowest BCUT2D eigenvalue weighted by Crippen LogP contribution is -1.98. The molecule has 0 spiro atoms. The highest BCUT2D eigenvalue weighted by atomic mass is 19.1. The summed E-state index contributed by atoms with van der Waals surface area (Å²) in [5, 5.41) is 0. The maximum atomic E-state index is 13.0. The van der Waals surface area contributed by atoms with Crippen LogP contribution >= 0.6 is 0 Å². The van der Waals surface area contributed by atoms with E-state index >= 15 is 0 Å². The van der Waals surface area contributed by atoms with E-state index in [1.165, 1.54) is 6.07 Å². The van der Waals surface area contributed by atoms with Crippen LogP contribution in [0, 0.1) is 11.6 Å². The third-order valence-corrected chi connectivity index (χ3v) is 1.74. The Morgan fingerprint density at radius 2 is 1.75 bits per heavy atom. The number of anilines is 1. The molecule has 0 aliphatic heterocycles.